The molecule has 1 rings (SSSR count). The fourth-order valence-electron chi connectivity index (χ4n) is 0.874. The molecule has 1 heterocycles. The van der Waals surface area contributed by atoms with Gasteiger partial charge in [0.25, 0.3) is 0 Å². The highest BCUT2D eigenvalue weighted by Crippen LogP contribution is 2.11. The van der Waals surface area contributed by atoms with Gasteiger partial charge in [0, 0.05) is 17.6 Å². The molecule has 4 nitrogen and oxygen atoms in total. The number of guanidine groups is 1. The minimum atomic E-state index is 0.441. The number of thiazole rings is 1. The summed E-state index contributed by atoms with van der Waals surface area (Å²) >= 11 is 1.63. The van der Waals surface area contributed by atoms with E-state index in [4.69, 9.17) is 5.73 Å². The second-order valence-corrected chi connectivity index (χ2v) is 4.04. The summed E-state index contributed by atoms with van der Waals surface area (Å²) in [6, 6.07) is 0. The first-order valence-corrected chi connectivity index (χ1v) is 5.10. The van der Waals surface area contributed by atoms with Gasteiger partial charge < -0.3 is 11.1 Å². The molecule has 0 aliphatic rings. The van der Waals surface area contributed by atoms with Crippen LogP contribution in [0.1, 0.15) is 9.88 Å². The van der Waals surface area contributed by atoms with Gasteiger partial charge in [0.1, 0.15) is 0 Å². The molecule has 5 heteroatoms. The molecule has 76 valence electrons. The lowest BCUT2D eigenvalue weighted by molar-refractivity contribution is 0.977. The number of aliphatic imine (C=N–C) groups is 1. The molecule has 0 amide bonds. The van der Waals surface area contributed by atoms with E-state index < -0.39 is 0 Å². The highest BCUT2D eigenvalue weighted by molar-refractivity contribution is 7.11. The van der Waals surface area contributed by atoms with Crippen LogP contribution in [0.3, 0.4) is 0 Å². The highest BCUT2D eigenvalue weighted by Gasteiger charge is 1.96. The van der Waals surface area contributed by atoms with Gasteiger partial charge in [0.2, 0.25) is 0 Å². The Morgan fingerprint density at radius 2 is 2.64 bits per heavy atom. The largest absolute Gasteiger partial charge is 0.370 e. The Bertz CT molecular complexity index is 329. The number of nitrogens with two attached hydrogens (primary N) is 1. The summed E-state index contributed by atoms with van der Waals surface area (Å²) in [5, 5.41) is 3.95. The van der Waals surface area contributed by atoms with E-state index >= 15 is 0 Å². The Kier molecular flexibility index (Phi) is 4.12. The molecule has 0 radical (unpaired) electrons. The maximum atomic E-state index is 5.59. The Labute approximate surface area is 87.6 Å². The molecule has 0 unspecified atom stereocenters. The summed E-state index contributed by atoms with van der Waals surface area (Å²) in [7, 11) is 0. The van der Waals surface area contributed by atoms with Gasteiger partial charge in [-0.2, -0.15) is 0 Å². The SMILES string of the molecule is C=CCNC(N)=NCc1cnc(C)s1. The first-order chi connectivity index (χ1) is 6.72. The lowest BCUT2D eigenvalue weighted by atomic mass is 10.5. The highest BCUT2D eigenvalue weighted by atomic mass is 32.1. The molecule has 0 saturated heterocycles. The van der Waals surface area contributed by atoms with Crippen molar-refractivity contribution in [2.24, 2.45) is 10.7 Å². The van der Waals surface area contributed by atoms with Gasteiger partial charge in [-0.3, -0.25) is 0 Å². The van der Waals surface area contributed by atoms with Crippen LogP contribution >= 0.6 is 11.3 Å². The van der Waals surface area contributed by atoms with Crippen molar-refractivity contribution in [3.63, 3.8) is 0 Å². The smallest absolute Gasteiger partial charge is 0.189 e. The summed E-state index contributed by atoms with van der Waals surface area (Å²) in [4.78, 5) is 9.40. The second-order valence-electron chi connectivity index (χ2n) is 2.72. The van der Waals surface area contributed by atoms with Crippen molar-refractivity contribution in [1.29, 1.82) is 0 Å². The molecule has 14 heavy (non-hydrogen) atoms. The van der Waals surface area contributed by atoms with Crippen LogP contribution in [-0.4, -0.2) is 17.5 Å². The van der Waals surface area contributed by atoms with E-state index in [1.165, 1.54) is 0 Å². The number of nitrogens with one attached hydrogen (secondary N) is 1. The van der Waals surface area contributed by atoms with Crippen LogP contribution in [0.4, 0.5) is 0 Å². The number of nitrogens with zero attached hydrogens (tertiary/aromatic N) is 2. The number of rotatable bonds is 4. The molecule has 0 aliphatic heterocycles. The Hall–Kier alpha value is -1.36. The molecule has 1 aromatic heterocycles. The van der Waals surface area contributed by atoms with E-state index in [1.54, 1.807) is 17.4 Å². The van der Waals surface area contributed by atoms with E-state index in [0.29, 0.717) is 19.0 Å². The van der Waals surface area contributed by atoms with E-state index in [9.17, 15) is 0 Å². The molecule has 3 N–H and O–H groups in total. The zero-order valence-corrected chi connectivity index (χ0v) is 8.97. The van der Waals surface area contributed by atoms with Gasteiger partial charge in [-0.25, -0.2) is 9.98 Å². The molecule has 0 fully saturated rings. The average Bonchev–Trinajstić information content (AvgIpc) is 2.58. The number of aryl methyl sites for hydroxylation is 1. The summed E-state index contributed by atoms with van der Waals surface area (Å²) in [5.41, 5.74) is 5.59. The third kappa shape index (κ3) is 3.57. The summed E-state index contributed by atoms with van der Waals surface area (Å²) in [6.07, 6.45) is 3.56. The zero-order valence-electron chi connectivity index (χ0n) is 8.16. The molecule has 0 atom stereocenters. The van der Waals surface area contributed by atoms with Crippen molar-refractivity contribution in [2.75, 3.05) is 6.54 Å². The van der Waals surface area contributed by atoms with Crippen molar-refractivity contribution in [3.8, 4) is 0 Å². The molecule has 0 aliphatic carbocycles. The van der Waals surface area contributed by atoms with Crippen LogP contribution in [-0.2, 0) is 6.54 Å². The molecular formula is C9H14N4S. The van der Waals surface area contributed by atoms with Crippen molar-refractivity contribution < 1.29 is 0 Å². The monoisotopic (exact) mass is 210 g/mol. The first kappa shape index (κ1) is 10.7. The molecular weight excluding hydrogens is 196 g/mol. The predicted molar refractivity (Wildman–Crippen MR) is 60.4 cm³/mol. The predicted octanol–water partition coefficient (Wildman–Crippen LogP) is 1.04. The lowest BCUT2D eigenvalue weighted by Gasteiger charge is -2.00. The summed E-state index contributed by atoms with van der Waals surface area (Å²) in [6.45, 7) is 6.76. The van der Waals surface area contributed by atoms with Crippen molar-refractivity contribution in [2.45, 2.75) is 13.5 Å². The van der Waals surface area contributed by atoms with Gasteiger partial charge >= 0.3 is 0 Å². The lowest BCUT2D eigenvalue weighted by Crippen LogP contribution is -2.31. The third-order valence-corrected chi connectivity index (χ3v) is 2.40. The molecule has 0 saturated carbocycles. The van der Waals surface area contributed by atoms with Crippen molar-refractivity contribution >= 4 is 17.3 Å². The standard InChI is InChI=1S/C9H14N4S/c1-3-4-11-9(10)13-6-8-5-12-7(2)14-8/h3,5H,1,4,6H2,2H3,(H3,10,11,13). The minimum absolute atomic E-state index is 0.441. The van der Waals surface area contributed by atoms with Gasteiger partial charge in [0.15, 0.2) is 5.96 Å². The van der Waals surface area contributed by atoms with E-state index in [-0.39, 0.29) is 0 Å². The van der Waals surface area contributed by atoms with Gasteiger partial charge in [0.05, 0.1) is 11.6 Å². The number of hydrogen-bond acceptors (Lipinski definition) is 3. The van der Waals surface area contributed by atoms with E-state index in [2.05, 4.69) is 21.9 Å². The number of hydrogen-bond donors (Lipinski definition) is 2. The van der Waals surface area contributed by atoms with Crippen LogP contribution in [0.25, 0.3) is 0 Å². The van der Waals surface area contributed by atoms with E-state index in [0.717, 1.165) is 9.88 Å². The minimum Gasteiger partial charge on any atom is -0.370 e. The molecule has 0 aromatic carbocycles. The normalized spacial score (nSPS) is 11.4. The van der Waals surface area contributed by atoms with Crippen LogP contribution in [0, 0.1) is 6.92 Å². The second kappa shape index (κ2) is 5.39. The van der Waals surface area contributed by atoms with E-state index in [1.807, 2.05) is 13.1 Å². The van der Waals surface area contributed by atoms with Crippen LogP contribution < -0.4 is 11.1 Å². The topological polar surface area (TPSA) is 63.3 Å². The Morgan fingerprint density at radius 3 is 3.21 bits per heavy atom. The first-order valence-electron chi connectivity index (χ1n) is 4.28. The van der Waals surface area contributed by atoms with Gasteiger partial charge in [-0.05, 0) is 6.92 Å². The van der Waals surface area contributed by atoms with Gasteiger partial charge in [-0.15, -0.1) is 17.9 Å². The molecule has 1 aromatic rings. The Morgan fingerprint density at radius 1 is 1.86 bits per heavy atom. The summed E-state index contributed by atoms with van der Waals surface area (Å²) in [5.74, 6) is 0.441. The average molecular weight is 210 g/mol. The summed E-state index contributed by atoms with van der Waals surface area (Å²) < 4.78 is 0. The molecule has 0 spiro atoms. The number of aromatic nitrogens is 1. The van der Waals surface area contributed by atoms with Crippen LogP contribution in [0.5, 0.6) is 0 Å². The van der Waals surface area contributed by atoms with Crippen LogP contribution in [0.2, 0.25) is 0 Å². The zero-order chi connectivity index (χ0) is 10.4. The third-order valence-electron chi connectivity index (χ3n) is 1.50. The van der Waals surface area contributed by atoms with Crippen LogP contribution in [0.15, 0.2) is 23.8 Å². The maximum absolute atomic E-state index is 5.59. The Balaban J connectivity index is 2.41. The van der Waals surface area contributed by atoms with Crippen molar-refractivity contribution in [1.82, 2.24) is 10.3 Å². The molecule has 0 bridgehead atoms. The maximum Gasteiger partial charge on any atom is 0.189 e. The van der Waals surface area contributed by atoms with Gasteiger partial charge in [-0.1, -0.05) is 6.08 Å². The van der Waals surface area contributed by atoms with Crippen molar-refractivity contribution in [3.05, 3.63) is 28.7 Å². The quantitative estimate of drug-likeness (QED) is 0.443. The fourth-order valence-corrected chi connectivity index (χ4v) is 1.59. The fraction of sp³-hybridized carbons (Fsp3) is 0.333.